The normalized spacial score (nSPS) is 13.1. The third kappa shape index (κ3) is 4.57. The number of hydrogen-bond donors (Lipinski definition) is 0. The Morgan fingerprint density at radius 1 is 1.17 bits per heavy atom. The third-order valence-electron chi connectivity index (χ3n) is 5.55. The monoisotopic (exact) mass is 439 g/mol. The van der Waals surface area contributed by atoms with Crippen LogP contribution in [0.2, 0.25) is 5.02 Å². The van der Waals surface area contributed by atoms with E-state index in [4.69, 9.17) is 16.3 Å². The van der Waals surface area contributed by atoms with Crippen LogP contribution in [-0.4, -0.2) is 14.8 Å². The van der Waals surface area contributed by atoms with Crippen LogP contribution in [0.25, 0.3) is 0 Å². The molecule has 0 saturated carbocycles. The number of rotatable bonds is 8. The van der Waals surface area contributed by atoms with Crippen molar-refractivity contribution in [1.82, 2.24) is 14.8 Å². The number of aryl methyl sites for hydroxylation is 1. The van der Waals surface area contributed by atoms with Crippen molar-refractivity contribution in [2.75, 3.05) is 0 Å². The van der Waals surface area contributed by atoms with Crippen LogP contribution in [0.15, 0.2) is 54.2 Å². The quantitative estimate of drug-likeness (QED) is 0.310. The summed E-state index contributed by atoms with van der Waals surface area (Å²) in [5.74, 6) is 2.47. The van der Waals surface area contributed by atoms with Gasteiger partial charge in [0, 0.05) is 17.3 Å². The maximum absolute atomic E-state index is 6.29. The van der Waals surface area contributed by atoms with Crippen LogP contribution in [0, 0.1) is 6.92 Å². The predicted octanol–water partition coefficient (Wildman–Crippen LogP) is 6.18. The van der Waals surface area contributed by atoms with E-state index in [9.17, 15) is 0 Å². The van der Waals surface area contributed by atoms with Gasteiger partial charge in [0.1, 0.15) is 12.4 Å². The molecule has 0 N–H and O–H groups in total. The number of hydrogen-bond acceptors (Lipinski definition) is 4. The van der Waals surface area contributed by atoms with Crippen molar-refractivity contribution in [1.29, 1.82) is 0 Å². The van der Waals surface area contributed by atoms with Crippen LogP contribution in [0.3, 0.4) is 0 Å². The van der Waals surface area contributed by atoms with Crippen molar-refractivity contribution in [2.24, 2.45) is 0 Å². The largest absolute Gasteiger partial charge is 0.485 e. The lowest BCUT2D eigenvalue weighted by atomic mass is 9.88. The van der Waals surface area contributed by atoms with Gasteiger partial charge in [-0.2, -0.15) is 0 Å². The zero-order chi connectivity index (χ0) is 20.9. The molecule has 0 radical (unpaired) electrons. The number of nitrogens with zero attached hydrogens (tertiary/aromatic N) is 3. The lowest BCUT2D eigenvalue weighted by Gasteiger charge is -2.20. The Balaban J connectivity index is 1.48. The van der Waals surface area contributed by atoms with Gasteiger partial charge in [-0.15, -0.1) is 16.8 Å². The van der Waals surface area contributed by atoms with Gasteiger partial charge in [0.25, 0.3) is 0 Å². The number of thioether (sulfide) groups is 1. The van der Waals surface area contributed by atoms with E-state index in [0.29, 0.717) is 13.2 Å². The maximum atomic E-state index is 6.29. The summed E-state index contributed by atoms with van der Waals surface area (Å²) in [4.78, 5) is 0. The third-order valence-corrected chi connectivity index (χ3v) is 6.93. The van der Waals surface area contributed by atoms with E-state index in [1.165, 1.54) is 36.0 Å². The zero-order valence-electron chi connectivity index (χ0n) is 17.2. The molecule has 0 amide bonds. The fraction of sp³-hybridized carbons (Fsp3) is 0.333. The Labute approximate surface area is 187 Å². The van der Waals surface area contributed by atoms with Gasteiger partial charge in [0.05, 0.1) is 0 Å². The van der Waals surface area contributed by atoms with Crippen molar-refractivity contribution in [3.63, 3.8) is 0 Å². The molecule has 4 nitrogen and oxygen atoms in total. The molecule has 0 aliphatic heterocycles. The number of fused-ring (bicyclic) bond motifs is 1. The lowest BCUT2D eigenvalue weighted by molar-refractivity contribution is 0.286. The highest BCUT2D eigenvalue weighted by Crippen LogP contribution is 2.31. The van der Waals surface area contributed by atoms with Crippen LogP contribution in [0.4, 0.5) is 0 Å². The van der Waals surface area contributed by atoms with Crippen LogP contribution in [0.5, 0.6) is 5.75 Å². The molecule has 0 spiro atoms. The molecule has 30 heavy (non-hydrogen) atoms. The van der Waals surface area contributed by atoms with Crippen LogP contribution in [-0.2, 0) is 31.7 Å². The van der Waals surface area contributed by atoms with Gasteiger partial charge in [-0.3, -0.25) is 4.57 Å². The standard InChI is InChI=1S/C24H26ClN3OS/c1-3-14-28-23(26-27-24(28)30-16-19-9-5-7-11-21(19)25)15-29-22-13-12-18-8-4-6-10-20(18)17(22)2/h3,5,7,9,11-13H,1,4,6,8,10,14-16H2,2H3. The van der Waals surface area contributed by atoms with Crippen LogP contribution < -0.4 is 4.74 Å². The fourth-order valence-electron chi connectivity index (χ4n) is 3.89. The molecule has 0 fully saturated rings. The molecule has 1 aliphatic rings. The highest BCUT2D eigenvalue weighted by molar-refractivity contribution is 7.98. The lowest BCUT2D eigenvalue weighted by Crippen LogP contribution is -2.10. The molecule has 0 atom stereocenters. The fourth-order valence-corrected chi connectivity index (χ4v) is 5.14. The molecule has 0 unspecified atom stereocenters. The second-order valence-electron chi connectivity index (χ2n) is 7.50. The topological polar surface area (TPSA) is 39.9 Å². The Bertz CT molecular complexity index is 1050. The van der Waals surface area contributed by atoms with Crippen LogP contribution in [0.1, 0.15) is 40.9 Å². The number of benzene rings is 2. The van der Waals surface area contributed by atoms with Crippen LogP contribution >= 0.6 is 23.4 Å². The van der Waals surface area contributed by atoms with E-state index in [1.807, 2.05) is 30.3 Å². The Hall–Kier alpha value is -2.24. The minimum Gasteiger partial charge on any atom is -0.485 e. The summed E-state index contributed by atoms with van der Waals surface area (Å²) in [5, 5.41) is 10.4. The summed E-state index contributed by atoms with van der Waals surface area (Å²) in [5.41, 5.74) is 5.27. The zero-order valence-corrected chi connectivity index (χ0v) is 18.8. The first-order valence-electron chi connectivity index (χ1n) is 10.3. The van der Waals surface area contributed by atoms with E-state index in [1.54, 1.807) is 11.8 Å². The number of aromatic nitrogens is 3. The van der Waals surface area contributed by atoms with E-state index in [2.05, 4.69) is 40.4 Å². The smallest absolute Gasteiger partial charge is 0.191 e. The Kier molecular flexibility index (Phi) is 6.80. The summed E-state index contributed by atoms with van der Waals surface area (Å²) in [6.07, 6.45) is 6.73. The molecular formula is C24H26ClN3OS. The minimum absolute atomic E-state index is 0.382. The molecule has 1 heterocycles. The van der Waals surface area contributed by atoms with Gasteiger partial charge in [-0.1, -0.05) is 53.7 Å². The summed E-state index contributed by atoms with van der Waals surface area (Å²) in [6.45, 7) is 7.07. The minimum atomic E-state index is 0.382. The molecule has 3 aromatic rings. The molecule has 1 aromatic heterocycles. The van der Waals surface area contributed by atoms with Crippen molar-refractivity contribution in [3.8, 4) is 5.75 Å². The van der Waals surface area contributed by atoms with Gasteiger partial charge >= 0.3 is 0 Å². The highest BCUT2D eigenvalue weighted by Gasteiger charge is 2.17. The molecule has 0 bridgehead atoms. The van der Waals surface area contributed by atoms with Crippen molar-refractivity contribution in [3.05, 3.63) is 82.2 Å². The summed E-state index contributed by atoms with van der Waals surface area (Å²) >= 11 is 7.91. The van der Waals surface area contributed by atoms with Crippen molar-refractivity contribution >= 4 is 23.4 Å². The second kappa shape index (κ2) is 9.71. The van der Waals surface area contributed by atoms with Crippen molar-refractivity contribution in [2.45, 2.75) is 56.7 Å². The van der Waals surface area contributed by atoms with E-state index in [0.717, 1.165) is 39.5 Å². The summed E-state index contributed by atoms with van der Waals surface area (Å²) < 4.78 is 8.24. The number of ether oxygens (including phenoxy) is 1. The first-order chi connectivity index (χ1) is 14.7. The molecule has 4 rings (SSSR count). The summed E-state index contributed by atoms with van der Waals surface area (Å²) in [7, 11) is 0. The molecule has 6 heteroatoms. The molecular weight excluding hydrogens is 414 g/mol. The van der Waals surface area contributed by atoms with Gasteiger partial charge in [0.15, 0.2) is 11.0 Å². The first kappa shape index (κ1) is 21.0. The number of halogens is 1. The second-order valence-corrected chi connectivity index (χ2v) is 8.85. The summed E-state index contributed by atoms with van der Waals surface area (Å²) in [6, 6.07) is 12.2. The van der Waals surface area contributed by atoms with Crippen molar-refractivity contribution < 1.29 is 4.74 Å². The molecule has 0 saturated heterocycles. The van der Waals surface area contributed by atoms with Gasteiger partial charge in [-0.05, 0) is 67.0 Å². The van der Waals surface area contributed by atoms with E-state index < -0.39 is 0 Å². The number of allylic oxidation sites excluding steroid dienone is 1. The first-order valence-corrected chi connectivity index (χ1v) is 11.7. The van der Waals surface area contributed by atoms with Gasteiger partial charge in [0.2, 0.25) is 0 Å². The molecule has 156 valence electrons. The average molecular weight is 440 g/mol. The molecule has 1 aliphatic carbocycles. The average Bonchev–Trinajstić information content (AvgIpc) is 3.15. The van der Waals surface area contributed by atoms with E-state index >= 15 is 0 Å². The Morgan fingerprint density at radius 3 is 2.83 bits per heavy atom. The van der Waals surface area contributed by atoms with E-state index in [-0.39, 0.29) is 0 Å². The maximum Gasteiger partial charge on any atom is 0.191 e. The SMILES string of the molecule is C=CCn1c(COc2ccc3c(c2C)CCCC3)nnc1SCc1ccccc1Cl. The van der Waals surface area contributed by atoms with Gasteiger partial charge < -0.3 is 4.74 Å². The van der Waals surface area contributed by atoms with Gasteiger partial charge in [-0.25, -0.2) is 0 Å². The highest BCUT2D eigenvalue weighted by atomic mass is 35.5. The molecule has 2 aromatic carbocycles. The predicted molar refractivity (Wildman–Crippen MR) is 123 cm³/mol. The Morgan fingerprint density at radius 2 is 2.00 bits per heavy atom.